The summed E-state index contributed by atoms with van der Waals surface area (Å²) in [6, 6.07) is 10.3. The number of aliphatic hydroxyl groups excluding tert-OH is 2. The number of fused-ring (bicyclic) bond motifs is 3. The maximum absolute atomic E-state index is 13.9. The van der Waals surface area contributed by atoms with Crippen LogP contribution in [0.1, 0.15) is 79.8 Å². The van der Waals surface area contributed by atoms with Crippen LogP contribution in [-0.4, -0.2) is 43.4 Å². The minimum atomic E-state index is -2.48. The van der Waals surface area contributed by atoms with Crippen LogP contribution in [0.25, 0.3) is 5.76 Å². The molecule has 0 radical (unpaired) electrons. The summed E-state index contributed by atoms with van der Waals surface area (Å²) < 4.78 is 0. The number of aryl methyl sites for hydroxylation is 1. The number of ketones is 3. The normalized spacial score (nSPS) is 24.8. The van der Waals surface area contributed by atoms with Crippen molar-refractivity contribution in [2.75, 3.05) is 0 Å². The van der Waals surface area contributed by atoms with Gasteiger partial charge in [-0.05, 0) is 79.5 Å². The van der Waals surface area contributed by atoms with E-state index in [0.717, 1.165) is 24.5 Å². The highest BCUT2D eigenvalue weighted by Crippen LogP contribution is 2.53. The fourth-order valence-electron chi connectivity index (χ4n) is 7.13. The number of carbonyl (C=O) groups is 3. The summed E-state index contributed by atoms with van der Waals surface area (Å²) in [6.07, 6.45) is 1.60. The smallest absolute Gasteiger partial charge is 0.202 e. The summed E-state index contributed by atoms with van der Waals surface area (Å²) in [7, 11) is 0. The van der Waals surface area contributed by atoms with Gasteiger partial charge in [-0.2, -0.15) is 0 Å². The van der Waals surface area contributed by atoms with Gasteiger partial charge in [-0.15, -0.1) is 0 Å². The minimum absolute atomic E-state index is 0.0717. The Bertz CT molecular complexity index is 1530. The summed E-state index contributed by atoms with van der Waals surface area (Å²) in [5.74, 6) is -4.88. The van der Waals surface area contributed by atoms with E-state index in [0.29, 0.717) is 18.4 Å². The number of phenols is 1. The topological polar surface area (TPSA) is 132 Å². The number of hydrogen-bond donors (Lipinski definition) is 4. The van der Waals surface area contributed by atoms with E-state index in [4.69, 9.17) is 0 Å². The molecule has 0 aliphatic heterocycles. The second kappa shape index (κ2) is 10.3. The molecule has 3 aliphatic carbocycles. The molecule has 216 valence electrons. The Morgan fingerprint density at radius 1 is 1.02 bits per heavy atom. The first-order chi connectivity index (χ1) is 19.2. The van der Waals surface area contributed by atoms with Crippen molar-refractivity contribution in [3.8, 4) is 5.75 Å². The van der Waals surface area contributed by atoms with Gasteiger partial charge in [-0.1, -0.05) is 56.7 Å². The lowest BCUT2D eigenvalue weighted by molar-refractivity contribution is -0.147. The van der Waals surface area contributed by atoms with Gasteiger partial charge in [-0.3, -0.25) is 14.4 Å². The van der Waals surface area contributed by atoms with E-state index >= 15 is 0 Å². The maximum Gasteiger partial charge on any atom is 0.202 e. The Labute approximate surface area is 240 Å². The van der Waals surface area contributed by atoms with Crippen molar-refractivity contribution < 1.29 is 34.8 Å². The molecule has 2 aromatic rings. The molecular weight excluding hydrogens is 520 g/mol. The van der Waals surface area contributed by atoms with Crippen molar-refractivity contribution in [2.24, 2.45) is 17.8 Å². The quantitative estimate of drug-likeness (QED) is 0.350. The van der Waals surface area contributed by atoms with Gasteiger partial charge in [0.05, 0.1) is 5.56 Å². The standard InChI is InChI=1S/C34H38O7/c1-16(2)24-14-22(11-18(4)10-20-8-6-17(3)7-9-20)30(37)29-25(24)13-21-12-23-15-26(36)27(19(5)35)32(39)34(23,41)33(40)28(21)31(29)38/h6-9,14,16,18,21,23,37-39,41H,10-13,15H2,1-5H3/t18?,21-,23+,34-/m1/s1. The zero-order chi connectivity index (χ0) is 30.0. The van der Waals surface area contributed by atoms with Gasteiger partial charge < -0.3 is 20.4 Å². The molecule has 0 aromatic heterocycles. The Balaban J connectivity index is 1.59. The van der Waals surface area contributed by atoms with Crippen LogP contribution in [0.4, 0.5) is 0 Å². The highest BCUT2D eigenvalue weighted by molar-refractivity contribution is 6.23. The van der Waals surface area contributed by atoms with E-state index < -0.39 is 51.9 Å². The van der Waals surface area contributed by atoms with E-state index in [1.54, 1.807) is 0 Å². The van der Waals surface area contributed by atoms with Gasteiger partial charge >= 0.3 is 0 Å². The number of phenolic OH excluding ortho intramolecular Hbond substituents is 1. The molecule has 0 saturated heterocycles. The van der Waals surface area contributed by atoms with Crippen LogP contribution < -0.4 is 0 Å². The van der Waals surface area contributed by atoms with Crippen LogP contribution in [-0.2, 0) is 33.6 Å². The zero-order valence-corrected chi connectivity index (χ0v) is 24.2. The first kappa shape index (κ1) is 28.8. The Hall–Kier alpha value is -3.71. The van der Waals surface area contributed by atoms with Crippen LogP contribution in [0.5, 0.6) is 5.75 Å². The molecule has 0 amide bonds. The molecule has 1 fully saturated rings. The molecule has 7 nitrogen and oxygen atoms in total. The monoisotopic (exact) mass is 558 g/mol. The van der Waals surface area contributed by atoms with E-state index in [2.05, 4.69) is 31.2 Å². The van der Waals surface area contributed by atoms with Crippen LogP contribution in [0.2, 0.25) is 0 Å². The third kappa shape index (κ3) is 4.60. The lowest BCUT2D eigenvalue weighted by atomic mass is 9.58. The number of carbonyl (C=O) groups excluding carboxylic acids is 3. The van der Waals surface area contributed by atoms with E-state index in [-0.39, 0.29) is 41.6 Å². The average Bonchev–Trinajstić information content (AvgIpc) is 2.88. The summed E-state index contributed by atoms with van der Waals surface area (Å²) >= 11 is 0. The molecular formula is C34H38O7. The first-order valence-electron chi connectivity index (χ1n) is 14.4. The highest BCUT2D eigenvalue weighted by atomic mass is 16.3. The lowest BCUT2D eigenvalue weighted by Gasteiger charge is -2.46. The van der Waals surface area contributed by atoms with Gasteiger partial charge in [0.15, 0.2) is 17.2 Å². The lowest BCUT2D eigenvalue weighted by Crippen LogP contribution is -2.57. The molecule has 3 aliphatic rings. The van der Waals surface area contributed by atoms with Gasteiger partial charge in [0.25, 0.3) is 0 Å². The van der Waals surface area contributed by atoms with Crippen molar-refractivity contribution >= 4 is 23.1 Å². The predicted molar refractivity (Wildman–Crippen MR) is 155 cm³/mol. The first-order valence-corrected chi connectivity index (χ1v) is 14.4. The van der Waals surface area contributed by atoms with Gasteiger partial charge in [-0.25, -0.2) is 0 Å². The van der Waals surface area contributed by atoms with Crippen molar-refractivity contribution in [2.45, 2.75) is 78.2 Å². The van der Waals surface area contributed by atoms with Crippen molar-refractivity contribution in [1.82, 2.24) is 0 Å². The van der Waals surface area contributed by atoms with Gasteiger partial charge in [0, 0.05) is 17.9 Å². The highest BCUT2D eigenvalue weighted by Gasteiger charge is 2.60. The molecule has 0 heterocycles. The Morgan fingerprint density at radius 3 is 2.29 bits per heavy atom. The van der Waals surface area contributed by atoms with Crippen molar-refractivity contribution in [3.05, 3.63) is 80.6 Å². The predicted octanol–water partition coefficient (Wildman–Crippen LogP) is 5.38. The molecule has 0 bridgehead atoms. The largest absolute Gasteiger partial charge is 0.508 e. The van der Waals surface area contributed by atoms with Crippen LogP contribution in [0.3, 0.4) is 0 Å². The summed E-state index contributed by atoms with van der Waals surface area (Å²) in [5, 5.41) is 45.5. The fraction of sp³-hybridized carbons (Fsp3) is 0.441. The molecule has 7 heteroatoms. The molecule has 1 saturated carbocycles. The summed E-state index contributed by atoms with van der Waals surface area (Å²) in [6.45, 7) is 9.33. The van der Waals surface area contributed by atoms with Gasteiger partial charge in [0.2, 0.25) is 5.78 Å². The number of aliphatic hydroxyl groups is 3. The minimum Gasteiger partial charge on any atom is -0.508 e. The number of hydrogen-bond acceptors (Lipinski definition) is 7. The second-order valence-electron chi connectivity index (χ2n) is 12.6. The van der Waals surface area contributed by atoms with Crippen molar-refractivity contribution in [3.63, 3.8) is 0 Å². The molecule has 0 spiro atoms. The number of rotatable bonds is 6. The number of allylic oxidation sites excluding steroid dienone is 1. The fourth-order valence-corrected chi connectivity index (χ4v) is 7.13. The van der Waals surface area contributed by atoms with E-state index in [1.165, 1.54) is 11.1 Å². The third-order valence-electron chi connectivity index (χ3n) is 9.18. The zero-order valence-electron chi connectivity index (χ0n) is 24.2. The van der Waals surface area contributed by atoms with Gasteiger partial charge in [0.1, 0.15) is 22.8 Å². The van der Waals surface area contributed by atoms with Crippen molar-refractivity contribution in [1.29, 1.82) is 0 Å². The second-order valence-corrected chi connectivity index (χ2v) is 12.6. The molecule has 2 aromatic carbocycles. The maximum atomic E-state index is 13.9. The molecule has 5 rings (SSSR count). The molecule has 1 unspecified atom stereocenters. The third-order valence-corrected chi connectivity index (χ3v) is 9.18. The van der Waals surface area contributed by atoms with E-state index in [9.17, 15) is 34.8 Å². The number of benzene rings is 2. The van der Waals surface area contributed by atoms with Crippen LogP contribution >= 0.6 is 0 Å². The van der Waals surface area contributed by atoms with Crippen LogP contribution in [0, 0.1) is 24.7 Å². The SMILES string of the molecule is CC(=O)C1=C(O)[C@@]2(O)C(=O)C3=C(O)c4c(O)c(CC(C)Cc5ccc(C)cc5)cc(C(C)C)c4C[C@H]3C[C@H]2CC1=O. The Kier molecular flexibility index (Phi) is 7.23. The molecule has 4 atom stereocenters. The average molecular weight is 559 g/mol. The summed E-state index contributed by atoms with van der Waals surface area (Å²) in [4.78, 5) is 38.6. The molecule has 41 heavy (non-hydrogen) atoms. The molecule has 4 N–H and O–H groups in total. The number of Topliss-reactive ketones (excluding diaryl/α,β-unsaturated/α-hetero) is 3. The number of aromatic hydroxyl groups is 1. The summed E-state index contributed by atoms with van der Waals surface area (Å²) in [5.41, 5.74) is 1.83. The Morgan fingerprint density at radius 2 is 1.68 bits per heavy atom. The van der Waals surface area contributed by atoms with Crippen LogP contribution in [0.15, 0.2) is 47.2 Å². The van der Waals surface area contributed by atoms with E-state index in [1.807, 2.05) is 26.8 Å².